The van der Waals surface area contributed by atoms with Gasteiger partial charge in [0.2, 0.25) is 11.8 Å². The maximum atomic E-state index is 11.7. The Labute approximate surface area is 121 Å². The van der Waals surface area contributed by atoms with Crippen LogP contribution in [0.25, 0.3) is 0 Å². The summed E-state index contributed by atoms with van der Waals surface area (Å²) in [4.78, 5) is 35.0. The van der Waals surface area contributed by atoms with Gasteiger partial charge in [-0.2, -0.15) is 0 Å². The SMILES string of the molecule is CCCCCCCCCCCC(=O)N1CC(=O)NC1=O. The van der Waals surface area contributed by atoms with E-state index in [9.17, 15) is 14.4 Å². The standard InChI is InChI=1S/C15H26N2O3/c1-2-3-4-5-6-7-8-9-10-11-14(19)17-12-13(18)16-15(17)20/h2-12H2,1H3,(H,16,18,20). The van der Waals surface area contributed by atoms with E-state index in [0.29, 0.717) is 6.42 Å². The first-order valence-corrected chi connectivity index (χ1v) is 7.79. The Bertz CT molecular complexity index is 342. The van der Waals surface area contributed by atoms with E-state index in [1.165, 1.54) is 38.5 Å². The second kappa shape index (κ2) is 9.50. The minimum Gasteiger partial charge on any atom is -0.276 e. The van der Waals surface area contributed by atoms with Crippen LogP contribution in [0.1, 0.15) is 71.1 Å². The van der Waals surface area contributed by atoms with Gasteiger partial charge in [-0.1, -0.05) is 58.3 Å². The van der Waals surface area contributed by atoms with Gasteiger partial charge in [-0.15, -0.1) is 0 Å². The summed E-state index contributed by atoms with van der Waals surface area (Å²) in [5.41, 5.74) is 0. The fourth-order valence-electron chi connectivity index (χ4n) is 2.36. The third-order valence-corrected chi connectivity index (χ3v) is 3.59. The molecule has 1 fully saturated rings. The first-order valence-electron chi connectivity index (χ1n) is 7.79. The van der Waals surface area contributed by atoms with Crippen molar-refractivity contribution in [3.8, 4) is 0 Å². The average molecular weight is 282 g/mol. The van der Waals surface area contributed by atoms with Crippen molar-refractivity contribution in [1.29, 1.82) is 0 Å². The number of nitrogens with zero attached hydrogens (tertiary/aromatic N) is 1. The van der Waals surface area contributed by atoms with E-state index in [4.69, 9.17) is 0 Å². The summed E-state index contributed by atoms with van der Waals surface area (Å²) >= 11 is 0. The van der Waals surface area contributed by atoms with Gasteiger partial charge >= 0.3 is 6.03 Å². The number of carbonyl (C=O) groups is 3. The molecular weight excluding hydrogens is 256 g/mol. The molecule has 0 atom stereocenters. The van der Waals surface area contributed by atoms with Crippen molar-refractivity contribution in [3.05, 3.63) is 0 Å². The molecule has 0 saturated carbocycles. The van der Waals surface area contributed by atoms with Crippen LogP contribution in [-0.2, 0) is 9.59 Å². The zero-order valence-corrected chi connectivity index (χ0v) is 12.5. The van der Waals surface area contributed by atoms with E-state index in [1.807, 2.05) is 0 Å². The molecule has 0 aromatic heterocycles. The van der Waals surface area contributed by atoms with Crippen LogP contribution in [0, 0.1) is 0 Å². The van der Waals surface area contributed by atoms with E-state index in [1.54, 1.807) is 0 Å². The van der Waals surface area contributed by atoms with E-state index in [2.05, 4.69) is 12.2 Å². The van der Waals surface area contributed by atoms with Gasteiger partial charge in [0.15, 0.2) is 0 Å². The lowest BCUT2D eigenvalue weighted by Gasteiger charge is -2.10. The Hall–Kier alpha value is -1.39. The van der Waals surface area contributed by atoms with Gasteiger partial charge in [-0.3, -0.25) is 19.8 Å². The number of imide groups is 2. The zero-order valence-electron chi connectivity index (χ0n) is 12.5. The second-order valence-electron chi connectivity index (χ2n) is 5.41. The molecule has 1 heterocycles. The average Bonchev–Trinajstić information content (AvgIpc) is 2.75. The number of hydrogen-bond donors (Lipinski definition) is 1. The van der Waals surface area contributed by atoms with Crippen LogP contribution in [0.2, 0.25) is 0 Å². The number of amides is 4. The van der Waals surface area contributed by atoms with Gasteiger partial charge < -0.3 is 0 Å². The molecule has 1 aliphatic rings. The van der Waals surface area contributed by atoms with Gasteiger partial charge in [0, 0.05) is 6.42 Å². The molecule has 114 valence electrons. The van der Waals surface area contributed by atoms with Crippen molar-refractivity contribution >= 4 is 17.8 Å². The van der Waals surface area contributed by atoms with Crippen LogP contribution in [0.4, 0.5) is 4.79 Å². The predicted molar refractivity (Wildman–Crippen MR) is 77.1 cm³/mol. The monoisotopic (exact) mass is 282 g/mol. The molecule has 1 N–H and O–H groups in total. The number of urea groups is 1. The number of nitrogens with one attached hydrogen (secondary N) is 1. The highest BCUT2D eigenvalue weighted by Gasteiger charge is 2.31. The molecule has 1 rings (SSSR count). The molecular formula is C15H26N2O3. The highest BCUT2D eigenvalue weighted by molar-refractivity contribution is 6.09. The van der Waals surface area contributed by atoms with Crippen LogP contribution in [-0.4, -0.2) is 29.3 Å². The summed E-state index contributed by atoms with van der Waals surface area (Å²) in [5, 5.41) is 2.11. The highest BCUT2D eigenvalue weighted by atomic mass is 16.2. The molecule has 0 bridgehead atoms. The van der Waals surface area contributed by atoms with Crippen LogP contribution in [0.15, 0.2) is 0 Å². The largest absolute Gasteiger partial charge is 0.331 e. The van der Waals surface area contributed by atoms with Gasteiger partial charge in [0.25, 0.3) is 0 Å². The van der Waals surface area contributed by atoms with Crippen molar-refractivity contribution < 1.29 is 14.4 Å². The Morgan fingerprint density at radius 1 is 1.00 bits per heavy atom. The predicted octanol–water partition coefficient (Wildman–Crippen LogP) is 2.99. The Balaban J connectivity index is 1.97. The van der Waals surface area contributed by atoms with E-state index in [-0.39, 0.29) is 12.5 Å². The van der Waals surface area contributed by atoms with Crippen molar-refractivity contribution in [3.63, 3.8) is 0 Å². The third kappa shape index (κ3) is 6.17. The van der Waals surface area contributed by atoms with Crippen LogP contribution < -0.4 is 5.32 Å². The summed E-state index contributed by atoms with van der Waals surface area (Å²) in [6, 6.07) is -0.573. The number of carbonyl (C=O) groups excluding carboxylic acids is 3. The Morgan fingerprint density at radius 2 is 1.55 bits per heavy atom. The Kier molecular flexibility index (Phi) is 7.92. The van der Waals surface area contributed by atoms with Gasteiger partial charge in [0.05, 0.1) is 0 Å². The van der Waals surface area contributed by atoms with Gasteiger partial charge in [-0.25, -0.2) is 4.79 Å². The van der Waals surface area contributed by atoms with Crippen molar-refractivity contribution in [2.24, 2.45) is 0 Å². The lowest BCUT2D eigenvalue weighted by Crippen LogP contribution is -2.33. The number of rotatable bonds is 10. The third-order valence-electron chi connectivity index (χ3n) is 3.59. The fourth-order valence-corrected chi connectivity index (χ4v) is 2.36. The summed E-state index contributed by atoms with van der Waals surface area (Å²) in [7, 11) is 0. The molecule has 0 unspecified atom stereocenters. The molecule has 0 aliphatic carbocycles. The maximum absolute atomic E-state index is 11.7. The lowest BCUT2D eigenvalue weighted by molar-refractivity contribution is -0.130. The molecule has 0 aromatic rings. The zero-order chi connectivity index (χ0) is 14.8. The summed E-state index contributed by atoms with van der Waals surface area (Å²) in [5.74, 6) is -0.633. The van der Waals surface area contributed by atoms with Gasteiger partial charge in [-0.05, 0) is 6.42 Å². The van der Waals surface area contributed by atoms with Crippen LogP contribution >= 0.6 is 0 Å². The molecule has 5 heteroatoms. The second-order valence-corrected chi connectivity index (χ2v) is 5.41. The van der Waals surface area contributed by atoms with E-state index < -0.39 is 11.9 Å². The Morgan fingerprint density at radius 3 is 2.05 bits per heavy atom. The topological polar surface area (TPSA) is 66.5 Å². The quantitative estimate of drug-likeness (QED) is 0.495. The van der Waals surface area contributed by atoms with Crippen molar-refractivity contribution in [2.75, 3.05) is 6.54 Å². The maximum Gasteiger partial charge on any atom is 0.331 e. The number of unbranched alkanes of at least 4 members (excludes halogenated alkanes) is 8. The lowest BCUT2D eigenvalue weighted by atomic mass is 10.1. The molecule has 1 aliphatic heterocycles. The highest BCUT2D eigenvalue weighted by Crippen LogP contribution is 2.11. The minimum absolute atomic E-state index is 0.116. The van der Waals surface area contributed by atoms with Crippen LogP contribution in [0.3, 0.4) is 0 Å². The summed E-state index contributed by atoms with van der Waals surface area (Å²) in [6.07, 6.45) is 11.0. The molecule has 20 heavy (non-hydrogen) atoms. The molecule has 0 radical (unpaired) electrons. The normalized spacial score (nSPS) is 14.8. The molecule has 1 saturated heterocycles. The molecule has 0 spiro atoms. The fraction of sp³-hybridized carbons (Fsp3) is 0.800. The van der Waals surface area contributed by atoms with E-state index >= 15 is 0 Å². The van der Waals surface area contributed by atoms with Crippen molar-refractivity contribution in [2.45, 2.75) is 71.1 Å². The van der Waals surface area contributed by atoms with Crippen molar-refractivity contribution in [1.82, 2.24) is 10.2 Å². The smallest absolute Gasteiger partial charge is 0.276 e. The molecule has 5 nitrogen and oxygen atoms in total. The van der Waals surface area contributed by atoms with Crippen LogP contribution in [0.5, 0.6) is 0 Å². The van der Waals surface area contributed by atoms with Gasteiger partial charge in [0.1, 0.15) is 6.54 Å². The summed E-state index contributed by atoms with van der Waals surface area (Å²) < 4.78 is 0. The van der Waals surface area contributed by atoms with E-state index in [0.717, 1.165) is 24.2 Å². The molecule has 4 amide bonds. The molecule has 0 aromatic carbocycles. The first kappa shape index (κ1) is 16.7. The number of hydrogen-bond acceptors (Lipinski definition) is 3. The summed E-state index contributed by atoms with van der Waals surface area (Å²) in [6.45, 7) is 2.10. The first-order chi connectivity index (χ1) is 9.65. The minimum atomic E-state index is -0.573.